The van der Waals surface area contributed by atoms with Crippen LogP contribution in [0.25, 0.3) is 17.0 Å². The van der Waals surface area contributed by atoms with Crippen molar-refractivity contribution < 1.29 is 9.53 Å². The normalized spacial score (nSPS) is 10.9. The molecule has 0 atom stereocenters. The number of methoxy groups -OCH3 is 1. The molecule has 3 aromatic heterocycles. The van der Waals surface area contributed by atoms with Gasteiger partial charge in [0.2, 0.25) is 11.9 Å². The molecule has 0 saturated heterocycles. The first-order valence-corrected chi connectivity index (χ1v) is 11.4. The van der Waals surface area contributed by atoms with Gasteiger partial charge < -0.3 is 25.2 Å². The third kappa shape index (κ3) is 5.44. The summed E-state index contributed by atoms with van der Waals surface area (Å²) in [7, 11) is 7.60. The molecule has 10 nitrogen and oxygen atoms in total. The molecule has 0 spiro atoms. The lowest BCUT2D eigenvalue weighted by Gasteiger charge is -2.26. The fourth-order valence-electron chi connectivity index (χ4n) is 3.70. The molecule has 0 aliphatic rings. The molecule has 0 bridgehead atoms. The number of hydrogen-bond donors (Lipinski definition) is 2. The van der Waals surface area contributed by atoms with E-state index in [-0.39, 0.29) is 5.91 Å². The third-order valence-electron chi connectivity index (χ3n) is 5.62. The van der Waals surface area contributed by atoms with Crippen molar-refractivity contribution in [3.05, 3.63) is 67.6 Å². The molecule has 0 radical (unpaired) electrons. The molecule has 4 aromatic rings. The van der Waals surface area contributed by atoms with Gasteiger partial charge in [0.15, 0.2) is 5.82 Å². The monoisotopic (exact) mass is 486 g/mol. The van der Waals surface area contributed by atoms with Crippen molar-refractivity contribution in [2.75, 3.05) is 56.9 Å². The molecule has 1 aromatic carbocycles. The van der Waals surface area contributed by atoms with E-state index in [9.17, 15) is 4.79 Å². The number of ether oxygens (including phenoxy) is 1. The number of carbonyl (C=O) groups excluding carboxylic acids is 1. The number of nitrogens with one attached hydrogen (secondary N) is 2. The van der Waals surface area contributed by atoms with E-state index >= 15 is 0 Å². The standard InChI is InChI=1S/C26H30N8O2/c1-6-24(35)29-20-15-21(23(36-5)16-22(20)33(4)14-13-32(2)3)31-26-27-11-10-19(30-26)25-28-17-18-9-7-8-12-34(18)25/h6-12,15-17H,1,13-14H2,2-5H3,(H,29,35)(H,27,30,31). The van der Waals surface area contributed by atoms with Crippen LogP contribution in [0.4, 0.5) is 23.0 Å². The van der Waals surface area contributed by atoms with E-state index in [1.54, 1.807) is 19.5 Å². The zero-order valence-corrected chi connectivity index (χ0v) is 20.9. The summed E-state index contributed by atoms with van der Waals surface area (Å²) in [6.45, 7) is 5.17. The summed E-state index contributed by atoms with van der Waals surface area (Å²) in [5.74, 6) is 1.35. The molecule has 36 heavy (non-hydrogen) atoms. The summed E-state index contributed by atoms with van der Waals surface area (Å²) in [5, 5.41) is 6.13. The molecule has 4 rings (SSSR count). The summed E-state index contributed by atoms with van der Waals surface area (Å²) >= 11 is 0. The zero-order chi connectivity index (χ0) is 25.7. The molecular weight excluding hydrogens is 456 g/mol. The van der Waals surface area contributed by atoms with Gasteiger partial charge in [-0.15, -0.1) is 0 Å². The quantitative estimate of drug-likeness (QED) is 0.328. The fraction of sp³-hybridized carbons (Fsp3) is 0.231. The number of rotatable bonds is 10. The number of pyridine rings is 1. The highest BCUT2D eigenvalue weighted by Crippen LogP contribution is 2.38. The summed E-state index contributed by atoms with van der Waals surface area (Å²) < 4.78 is 7.64. The van der Waals surface area contributed by atoms with Gasteiger partial charge in [-0.25, -0.2) is 15.0 Å². The van der Waals surface area contributed by atoms with E-state index in [1.165, 1.54) is 6.08 Å². The van der Waals surface area contributed by atoms with Crippen LogP contribution in [0.5, 0.6) is 5.75 Å². The van der Waals surface area contributed by atoms with Gasteiger partial charge in [0, 0.05) is 38.6 Å². The number of likely N-dealkylation sites (N-methyl/N-ethyl adjacent to an activating group) is 2. The molecule has 186 valence electrons. The van der Waals surface area contributed by atoms with Gasteiger partial charge in [-0.05, 0) is 44.4 Å². The van der Waals surface area contributed by atoms with Crippen molar-refractivity contribution in [2.45, 2.75) is 0 Å². The largest absolute Gasteiger partial charge is 0.494 e. The summed E-state index contributed by atoms with van der Waals surface area (Å²) in [4.78, 5) is 29.9. The lowest BCUT2D eigenvalue weighted by atomic mass is 10.2. The lowest BCUT2D eigenvalue weighted by Crippen LogP contribution is -2.29. The number of carbonyl (C=O) groups is 1. The van der Waals surface area contributed by atoms with Gasteiger partial charge in [-0.1, -0.05) is 12.6 Å². The maximum atomic E-state index is 12.2. The Hall–Kier alpha value is -4.44. The van der Waals surface area contributed by atoms with Crippen molar-refractivity contribution >= 4 is 34.4 Å². The predicted molar refractivity (Wildman–Crippen MR) is 143 cm³/mol. The second-order valence-electron chi connectivity index (χ2n) is 8.46. The van der Waals surface area contributed by atoms with Crippen molar-refractivity contribution in [3.8, 4) is 17.3 Å². The van der Waals surface area contributed by atoms with Crippen molar-refractivity contribution in [1.82, 2.24) is 24.3 Å². The maximum absolute atomic E-state index is 12.2. The molecule has 3 heterocycles. The molecular formula is C26H30N8O2. The Balaban J connectivity index is 1.69. The van der Waals surface area contributed by atoms with Crippen LogP contribution in [0, 0.1) is 0 Å². The second kappa shape index (κ2) is 10.9. The van der Waals surface area contributed by atoms with Crippen LogP contribution in [0.1, 0.15) is 0 Å². The van der Waals surface area contributed by atoms with Crippen molar-refractivity contribution in [1.29, 1.82) is 0 Å². The van der Waals surface area contributed by atoms with E-state index in [0.29, 0.717) is 34.6 Å². The number of benzene rings is 1. The van der Waals surface area contributed by atoms with Gasteiger partial charge in [-0.2, -0.15) is 0 Å². The van der Waals surface area contributed by atoms with Crippen LogP contribution in [-0.4, -0.2) is 71.5 Å². The van der Waals surface area contributed by atoms with E-state index in [2.05, 4.69) is 42.0 Å². The van der Waals surface area contributed by atoms with Crippen LogP contribution in [0.2, 0.25) is 0 Å². The molecule has 0 aliphatic heterocycles. The Labute approximate surface area is 210 Å². The molecule has 0 fully saturated rings. The predicted octanol–water partition coefficient (Wildman–Crippen LogP) is 3.67. The molecule has 0 saturated carbocycles. The Morgan fingerprint density at radius 1 is 1.14 bits per heavy atom. The first-order valence-electron chi connectivity index (χ1n) is 11.4. The average Bonchev–Trinajstić information content (AvgIpc) is 3.32. The molecule has 0 aliphatic carbocycles. The number of hydrogen-bond acceptors (Lipinski definition) is 8. The van der Waals surface area contributed by atoms with Gasteiger partial charge in [0.1, 0.15) is 11.4 Å². The summed E-state index contributed by atoms with van der Waals surface area (Å²) in [5.41, 5.74) is 3.66. The second-order valence-corrected chi connectivity index (χ2v) is 8.46. The van der Waals surface area contributed by atoms with Crippen LogP contribution in [0.15, 0.2) is 67.6 Å². The Kier molecular flexibility index (Phi) is 7.45. The number of fused-ring (bicyclic) bond motifs is 1. The number of anilines is 4. The molecule has 2 N–H and O–H groups in total. The van der Waals surface area contributed by atoms with Gasteiger partial charge in [0.25, 0.3) is 0 Å². The van der Waals surface area contributed by atoms with E-state index in [4.69, 9.17) is 4.74 Å². The minimum Gasteiger partial charge on any atom is -0.494 e. The number of imidazole rings is 1. The van der Waals surface area contributed by atoms with Crippen LogP contribution >= 0.6 is 0 Å². The SMILES string of the molecule is C=CC(=O)Nc1cc(Nc2nccc(-c3ncc4ccccn34)n2)c(OC)cc1N(C)CCN(C)C. The van der Waals surface area contributed by atoms with Crippen LogP contribution in [0.3, 0.4) is 0 Å². The first kappa shape index (κ1) is 24.7. The van der Waals surface area contributed by atoms with Crippen molar-refractivity contribution in [2.24, 2.45) is 0 Å². The van der Waals surface area contributed by atoms with Crippen molar-refractivity contribution in [3.63, 3.8) is 0 Å². The average molecular weight is 487 g/mol. The number of amides is 1. The van der Waals surface area contributed by atoms with E-state index in [1.807, 2.05) is 68.1 Å². The lowest BCUT2D eigenvalue weighted by molar-refractivity contribution is -0.111. The highest BCUT2D eigenvalue weighted by atomic mass is 16.5. The highest BCUT2D eigenvalue weighted by molar-refractivity contribution is 6.02. The fourth-order valence-corrected chi connectivity index (χ4v) is 3.70. The number of aromatic nitrogens is 4. The van der Waals surface area contributed by atoms with Gasteiger partial charge in [0.05, 0.1) is 35.9 Å². The summed E-state index contributed by atoms with van der Waals surface area (Å²) in [6.07, 6.45) is 6.65. The van der Waals surface area contributed by atoms with E-state index < -0.39 is 0 Å². The minimum atomic E-state index is -0.308. The smallest absolute Gasteiger partial charge is 0.247 e. The molecule has 0 unspecified atom stereocenters. The topological polar surface area (TPSA) is 99.9 Å². The minimum absolute atomic E-state index is 0.308. The molecule has 1 amide bonds. The number of nitrogens with zero attached hydrogens (tertiary/aromatic N) is 6. The first-order chi connectivity index (χ1) is 17.4. The zero-order valence-electron chi connectivity index (χ0n) is 20.9. The third-order valence-corrected chi connectivity index (χ3v) is 5.62. The van der Waals surface area contributed by atoms with E-state index in [0.717, 1.165) is 24.3 Å². The summed E-state index contributed by atoms with van der Waals surface area (Å²) in [6, 6.07) is 11.4. The van der Waals surface area contributed by atoms with Crippen LogP contribution in [-0.2, 0) is 4.79 Å². The molecule has 10 heteroatoms. The van der Waals surface area contributed by atoms with Gasteiger partial charge >= 0.3 is 0 Å². The van der Waals surface area contributed by atoms with Gasteiger partial charge in [-0.3, -0.25) is 9.20 Å². The maximum Gasteiger partial charge on any atom is 0.247 e. The Bertz CT molecular complexity index is 1380. The Morgan fingerprint density at radius 3 is 2.72 bits per heavy atom. The van der Waals surface area contributed by atoms with Crippen LogP contribution < -0.4 is 20.3 Å². The highest BCUT2D eigenvalue weighted by Gasteiger charge is 2.17. The Morgan fingerprint density at radius 2 is 1.97 bits per heavy atom.